The van der Waals surface area contributed by atoms with Gasteiger partial charge < -0.3 is 9.80 Å². The van der Waals surface area contributed by atoms with Crippen molar-refractivity contribution in [2.75, 3.05) is 44.2 Å². The number of carbonyl (C=O) groups excluding carboxylic acids is 1. The van der Waals surface area contributed by atoms with E-state index in [4.69, 9.17) is 0 Å². The third kappa shape index (κ3) is 4.79. The average Bonchev–Trinajstić information content (AvgIpc) is 3.00. The van der Waals surface area contributed by atoms with Crippen LogP contribution in [0.4, 0.5) is 5.13 Å². The summed E-state index contributed by atoms with van der Waals surface area (Å²) in [5.74, 6) is -0.0612. The molecule has 29 heavy (non-hydrogen) atoms. The smallest absolute Gasteiger partial charge is 0.253 e. The summed E-state index contributed by atoms with van der Waals surface area (Å²) in [6, 6.07) is 6.30. The molecule has 7 nitrogen and oxygen atoms in total. The Kier molecular flexibility index (Phi) is 6.92. The molecule has 9 heteroatoms. The van der Waals surface area contributed by atoms with Crippen molar-refractivity contribution in [2.45, 2.75) is 32.1 Å². The second-order valence-electron chi connectivity index (χ2n) is 7.02. The molecular formula is C20H28N4O3S2. The highest BCUT2D eigenvalue weighted by Gasteiger charge is 2.24. The lowest BCUT2D eigenvalue weighted by atomic mass is 10.2. The van der Waals surface area contributed by atoms with Gasteiger partial charge in [-0.05, 0) is 37.6 Å². The molecule has 1 saturated heterocycles. The number of rotatable bonds is 6. The molecule has 158 valence electrons. The highest BCUT2D eigenvalue weighted by molar-refractivity contribution is 7.89. The topological polar surface area (TPSA) is 73.8 Å². The molecule has 1 aliphatic heterocycles. The van der Waals surface area contributed by atoms with E-state index in [0.717, 1.165) is 30.3 Å². The second kappa shape index (κ2) is 9.23. The van der Waals surface area contributed by atoms with E-state index < -0.39 is 10.0 Å². The number of benzene rings is 1. The van der Waals surface area contributed by atoms with Crippen LogP contribution in [-0.2, 0) is 10.0 Å². The van der Waals surface area contributed by atoms with E-state index in [1.165, 1.54) is 16.4 Å². The number of aryl methyl sites for hydroxylation is 1. The maximum absolute atomic E-state index is 12.9. The number of hydrogen-bond donors (Lipinski definition) is 0. The minimum Gasteiger partial charge on any atom is -0.346 e. The van der Waals surface area contributed by atoms with Gasteiger partial charge in [0.25, 0.3) is 5.91 Å². The van der Waals surface area contributed by atoms with Gasteiger partial charge in [0.2, 0.25) is 10.0 Å². The van der Waals surface area contributed by atoms with Crippen LogP contribution in [0.2, 0.25) is 0 Å². The Morgan fingerprint density at radius 3 is 2.38 bits per heavy atom. The van der Waals surface area contributed by atoms with Crippen molar-refractivity contribution in [2.24, 2.45) is 0 Å². The van der Waals surface area contributed by atoms with E-state index in [2.05, 4.69) is 9.88 Å². The van der Waals surface area contributed by atoms with Gasteiger partial charge in [0.1, 0.15) is 0 Å². The minimum atomic E-state index is -3.51. The van der Waals surface area contributed by atoms with Gasteiger partial charge in [0, 0.05) is 50.2 Å². The van der Waals surface area contributed by atoms with Gasteiger partial charge in [0.15, 0.2) is 5.13 Å². The molecule has 0 radical (unpaired) electrons. The van der Waals surface area contributed by atoms with Crippen LogP contribution in [0.25, 0.3) is 0 Å². The largest absolute Gasteiger partial charge is 0.346 e. The number of thiazole rings is 1. The van der Waals surface area contributed by atoms with Crippen molar-refractivity contribution in [3.8, 4) is 0 Å². The predicted molar refractivity (Wildman–Crippen MR) is 116 cm³/mol. The molecule has 2 aromatic rings. The summed E-state index contributed by atoms with van der Waals surface area (Å²) in [7, 11) is -3.51. The van der Waals surface area contributed by atoms with Gasteiger partial charge in [-0.3, -0.25) is 4.79 Å². The first-order valence-corrected chi connectivity index (χ1v) is 12.2. The Labute approximate surface area is 177 Å². The molecule has 0 saturated carbocycles. The lowest BCUT2D eigenvalue weighted by Gasteiger charge is -2.22. The van der Waals surface area contributed by atoms with Crippen LogP contribution < -0.4 is 4.90 Å². The predicted octanol–water partition coefficient (Wildman–Crippen LogP) is 2.83. The number of amides is 1. The number of hydrogen-bond acceptors (Lipinski definition) is 6. The average molecular weight is 437 g/mol. The maximum atomic E-state index is 12.9. The number of aromatic nitrogens is 1. The second-order valence-corrected chi connectivity index (χ2v) is 9.79. The summed E-state index contributed by atoms with van der Waals surface area (Å²) >= 11 is 1.63. The molecule has 3 rings (SSSR count). The zero-order valence-corrected chi connectivity index (χ0v) is 18.8. The molecule has 1 aromatic carbocycles. The van der Waals surface area contributed by atoms with Gasteiger partial charge in [0.05, 0.1) is 10.6 Å². The number of anilines is 1. The Bertz CT molecular complexity index is 937. The lowest BCUT2D eigenvalue weighted by Crippen LogP contribution is -2.35. The fourth-order valence-corrected chi connectivity index (χ4v) is 5.78. The quantitative estimate of drug-likeness (QED) is 0.696. The first kappa shape index (κ1) is 21.7. The minimum absolute atomic E-state index is 0.0612. The van der Waals surface area contributed by atoms with Gasteiger partial charge in [-0.2, -0.15) is 4.31 Å². The first-order valence-electron chi connectivity index (χ1n) is 9.93. The van der Waals surface area contributed by atoms with E-state index in [9.17, 15) is 13.2 Å². The molecule has 0 aliphatic carbocycles. The third-order valence-corrected chi connectivity index (χ3v) is 8.19. The standard InChI is InChI=1S/C20H28N4O3S2/c1-4-24(5-2)29(26,27)18-9-7-17(8-10-18)19(25)22-11-6-12-23(14-13-22)20-21-16(3)15-28-20/h7-10,15H,4-6,11-14H2,1-3H3. The van der Waals surface area contributed by atoms with Crippen LogP contribution in [0.15, 0.2) is 34.5 Å². The third-order valence-electron chi connectivity index (χ3n) is 5.10. The Morgan fingerprint density at radius 1 is 1.10 bits per heavy atom. The van der Waals surface area contributed by atoms with Gasteiger partial charge >= 0.3 is 0 Å². The first-order chi connectivity index (χ1) is 13.9. The highest BCUT2D eigenvalue weighted by Crippen LogP contribution is 2.22. The van der Waals surface area contributed by atoms with E-state index in [0.29, 0.717) is 31.7 Å². The highest BCUT2D eigenvalue weighted by atomic mass is 32.2. The lowest BCUT2D eigenvalue weighted by molar-refractivity contribution is 0.0767. The van der Waals surface area contributed by atoms with Crippen LogP contribution in [0.1, 0.15) is 36.3 Å². The molecule has 0 spiro atoms. The molecule has 2 heterocycles. The molecule has 1 amide bonds. The normalized spacial score (nSPS) is 15.6. The molecule has 0 atom stereocenters. The summed E-state index contributed by atoms with van der Waals surface area (Å²) in [4.78, 5) is 21.8. The van der Waals surface area contributed by atoms with Crippen LogP contribution >= 0.6 is 11.3 Å². The Balaban J connectivity index is 1.69. The van der Waals surface area contributed by atoms with Crippen molar-refractivity contribution in [1.29, 1.82) is 0 Å². The fourth-order valence-electron chi connectivity index (χ4n) is 3.46. The van der Waals surface area contributed by atoms with E-state index >= 15 is 0 Å². The molecule has 1 aromatic heterocycles. The van der Waals surface area contributed by atoms with E-state index in [-0.39, 0.29) is 10.8 Å². The van der Waals surface area contributed by atoms with Gasteiger partial charge in [-0.15, -0.1) is 11.3 Å². The van der Waals surface area contributed by atoms with Crippen molar-refractivity contribution in [1.82, 2.24) is 14.2 Å². The number of sulfonamides is 1. The number of nitrogens with zero attached hydrogens (tertiary/aromatic N) is 4. The Hall–Kier alpha value is -1.97. The van der Waals surface area contributed by atoms with E-state index in [1.54, 1.807) is 23.5 Å². The van der Waals surface area contributed by atoms with Crippen LogP contribution in [0.3, 0.4) is 0 Å². The SMILES string of the molecule is CCN(CC)S(=O)(=O)c1ccc(C(=O)N2CCCN(c3nc(C)cs3)CC2)cc1. The van der Waals surface area contributed by atoms with Crippen molar-refractivity contribution in [3.05, 3.63) is 40.9 Å². The van der Waals surface area contributed by atoms with Gasteiger partial charge in [-0.1, -0.05) is 13.8 Å². The summed E-state index contributed by atoms with van der Waals surface area (Å²) in [5, 5.41) is 3.04. The summed E-state index contributed by atoms with van der Waals surface area (Å²) < 4.78 is 26.6. The zero-order chi connectivity index (χ0) is 21.0. The molecule has 1 fully saturated rings. The van der Waals surface area contributed by atoms with Crippen LogP contribution in [0.5, 0.6) is 0 Å². The molecule has 0 unspecified atom stereocenters. The van der Waals surface area contributed by atoms with Crippen LogP contribution in [-0.4, -0.2) is 67.8 Å². The van der Waals surface area contributed by atoms with Crippen molar-refractivity contribution in [3.63, 3.8) is 0 Å². The van der Waals surface area contributed by atoms with E-state index in [1.807, 2.05) is 31.1 Å². The van der Waals surface area contributed by atoms with Crippen molar-refractivity contribution >= 4 is 32.4 Å². The zero-order valence-electron chi connectivity index (χ0n) is 17.2. The number of carbonyl (C=O) groups is 1. The fraction of sp³-hybridized carbons (Fsp3) is 0.500. The van der Waals surface area contributed by atoms with Gasteiger partial charge in [-0.25, -0.2) is 13.4 Å². The van der Waals surface area contributed by atoms with Crippen LogP contribution in [0, 0.1) is 6.92 Å². The molecule has 1 aliphatic rings. The summed E-state index contributed by atoms with van der Waals surface area (Å²) in [6.07, 6.45) is 0.874. The molecular weight excluding hydrogens is 408 g/mol. The molecule has 0 N–H and O–H groups in total. The summed E-state index contributed by atoms with van der Waals surface area (Å²) in [6.45, 7) is 9.37. The van der Waals surface area contributed by atoms with Crippen molar-refractivity contribution < 1.29 is 13.2 Å². The monoisotopic (exact) mass is 436 g/mol. The molecule has 0 bridgehead atoms. The maximum Gasteiger partial charge on any atom is 0.253 e. The summed E-state index contributed by atoms with van der Waals surface area (Å²) in [5.41, 5.74) is 1.53. The Morgan fingerprint density at radius 2 is 1.79 bits per heavy atom.